The van der Waals surface area contributed by atoms with E-state index < -0.39 is 5.97 Å². The van der Waals surface area contributed by atoms with Crippen molar-refractivity contribution in [3.8, 4) is 0 Å². The SMILES string of the molecule is CC(C)Cc1ccc(C(NCC(=O)O)C(C)C)cc1. The zero-order valence-electron chi connectivity index (χ0n) is 12.3. The smallest absolute Gasteiger partial charge is 0.317 e. The lowest BCUT2D eigenvalue weighted by molar-refractivity contribution is -0.136. The number of aliphatic carboxylic acids is 1. The highest BCUT2D eigenvalue weighted by Gasteiger charge is 2.16. The van der Waals surface area contributed by atoms with Crippen LogP contribution in [0.2, 0.25) is 0 Å². The Morgan fingerprint density at radius 2 is 1.74 bits per heavy atom. The van der Waals surface area contributed by atoms with E-state index in [2.05, 4.69) is 57.3 Å². The molecule has 19 heavy (non-hydrogen) atoms. The van der Waals surface area contributed by atoms with E-state index in [0.717, 1.165) is 12.0 Å². The molecule has 0 bridgehead atoms. The lowest BCUT2D eigenvalue weighted by atomic mass is 9.94. The predicted octanol–water partition coefficient (Wildman–Crippen LogP) is 3.26. The van der Waals surface area contributed by atoms with E-state index in [0.29, 0.717) is 11.8 Å². The van der Waals surface area contributed by atoms with E-state index in [9.17, 15) is 4.79 Å². The molecule has 2 N–H and O–H groups in total. The first-order valence-electron chi connectivity index (χ1n) is 6.94. The number of carboxylic acids is 1. The third kappa shape index (κ3) is 5.43. The molecule has 3 nitrogen and oxygen atoms in total. The van der Waals surface area contributed by atoms with Crippen LogP contribution in [0.3, 0.4) is 0 Å². The van der Waals surface area contributed by atoms with E-state index in [1.165, 1.54) is 5.56 Å². The van der Waals surface area contributed by atoms with Gasteiger partial charge in [0.15, 0.2) is 0 Å². The van der Waals surface area contributed by atoms with E-state index in [1.807, 2.05) is 0 Å². The van der Waals surface area contributed by atoms with Gasteiger partial charge in [-0.2, -0.15) is 0 Å². The minimum atomic E-state index is -0.818. The molecular formula is C16H25NO2. The molecule has 1 aromatic rings. The van der Waals surface area contributed by atoms with E-state index >= 15 is 0 Å². The summed E-state index contributed by atoms with van der Waals surface area (Å²) >= 11 is 0. The summed E-state index contributed by atoms with van der Waals surface area (Å²) in [5.74, 6) is 0.189. The molecule has 0 aliphatic heterocycles. The number of benzene rings is 1. The first-order valence-corrected chi connectivity index (χ1v) is 6.94. The van der Waals surface area contributed by atoms with E-state index in [1.54, 1.807) is 0 Å². The summed E-state index contributed by atoms with van der Waals surface area (Å²) < 4.78 is 0. The maximum absolute atomic E-state index is 10.7. The van der Waals surface area contributed by atoms with Gasteiger partial charge in [-0.25, -0.2) is 0 Å². The van der Waals surface area contributed by atoms with Crippen LogP contribution in [-0.2, 0) is 11.2 Å². The van der Waals surface area contributed by atoms with Crippen LogP contribution in [-0.4, -0.2) is 17.6 Å². The summed E-state index contributed by atoms with van der Waals surface area (Å²) in [6.07, 6.45) is 1.08. The standard InChI is InChI=1S/C16H25NO2/c1-11(2)9-13-5-7-14(8-6-13)16(12(3)4)17-10-15(18)19/h5-8,11-12,16-17H,9-10H2,1-4H3,(H,18,19). The predicted molar refractivity (Wildman–Crippen MR) is 78.2 cm³/mol. The average molecular weight is 263 g/mol. The maximum atomic E-state index is 10.7. The Balaban J connectivity index is 2.76. The van der Waals surface area contributed by atoms with Gasteiger partial charge in [-0.1, -0.05) is 52.0 Å². The van der Waals surface area contributed by atoms with Crippen LogP contribution in [0.5, 0.6) is 0 Å². The Kier molecular flexibility index (Phi) is 6.03. The Hall–Kier alpha value is -1.35. The molecule has 0 aliphatic rings. The van der Waals surface area contributed by atoms with Gasteiger partial charge in [0, 0.05) is 6.04 Å². The molecule has 0 fully saturated rings. The van der Waals surface area contributed by atoms with Crippen LogP contribution in [0.1, 0.15) is 44.9 Å². The molecule has 1 rings (SSSR count). The second-order valence-electron chi connectivity index (χ2n) is 5.84. The van der Waals surface area contributed by atoms with Crippen molar-refractivity contribution in [3.63, 3.8) is 0 Å². The second kappa shape index (κ2) is 7.29. The summed E-state index contributed by atoms with van der Waals surface area (Å²) in [5, 5.41) is 11.9. The van der Waals surface area contributed by atoms with Crippen LogP contribution in [0.15, 0.2) is 24.3 Å². The van der Waals surface area contributed by atoms with Crippen LogP contribution in [0.25, 0.3) is 0 Å². The van der Waals surface area contributed by atoms with E-state index in [4.69, 9.17) is 5.11 Å². The van der Waals surface area contributed by atoms with Crippen molar-refractivity contribution in [2.75, 3.05) is 6.54 Å². The van der Waals surface area contributed by atoms with Gasteiger partial charge < -0.3 is 5.11 Å². The largest absolute Gasteiger partial charge is 0.480 e. The molecule has 0 aliphatic carbocycles. The Bertz CT molecular complexity index is 396. The van der Waals surface area contributed by atoms with Crippen molar-refractivity contribution in [1.82, 2.24) is 5.32 Å². The Labute approximate surface area is 116 Å². The number of rotatable bonds is 7. The topological polar surface area (TPSA) is 49.3 Å². The molecule has 0 saturated carbocycles. The van der Waals surface area contributed by atoms with Crippen LogP contribution in [0.4, 0.5) is 0 Å². The number of hydrogen-bond acceptors (Lipinski definition) is 2. The van der Waals surface area contributed by atoms with Gasteiger partial charge in [-0.05, 0) is 29.4 Å². The van der Waals surface area contributed by atoms with Crippen LogP contribution >= 0.6 is 0 Å². The molecule has 0 amide bonds. The van der Waals surface area contributed by atoms with Gasteiger partial charge in [-0.3, -0.25) is 10.1 Å². The lowest BCUT2D eigenvalue weighted by Gasteiger charge is -2.22. The van der Waals surface area contributed by atoms with E-state index in [-0.39, 0.29) is 12.6 Å². The summed E-state index contributed by atoms with van der Waals surface area (Å²) in [6, 6.07) is 8.60. The van der Waals surface area contributed by atoms with Crippen molar-refractivity contribution in [2.24, 2.45) is 11.8 Å². The normalized spacial score (nSPS) is 12.9. The van der Waals surface area contributed by atoms with Gasteiger partial charge >= 0.3 is 5.97 Å². The highest BCUT2D eigenvalue weighted by molar-refractivity contribution is 5.69. The zero-order chi connectivity index (χ0) is 14.4. The highest BCUT2D eigenvalue weighted by atomic mass is 16.4. The van der Waals surface area contributed by atoms with Crippen molar-refractivity contribution < 1.29 is 9.90 Å². The van der Waals surface area contributed by atoms with Crippen molar-refractivity contribution in [1.29, 1.82) is 0 Å². The van der Waals surface area contributed by atoms with Crippen molar-refractivity contribution in [2.45, 2.75) is 40.2 Å². The summed E-state index contributed by atoms with van der Waals surface area (Å²) in [6.45, 7) is 8.61. The fourth-order valence-corrected chi connectivity index (χ4v) is 2.27. The summed E-state index contributed by atoms with van der Waals surface area (Å²) in [7, 11) is 0. The maximum Gasteiger partial charge on any atom is 0.317 e. The minimum Gasteiger partial charge on any atom is -0.480 e. The summed E-state index contributed by atoms with van der Waals surface area (Å²) in [4.78, 5) is 10.7. The number of hydrogen-bond donors (Lipinski definition) is 2. The molecule has 0 saturated heterocycles. The summed E-state index contributed by atoms with van der Waals surface area (Å²) in [5.41, 5.74) is 2.49. The van der Waals surface area contributed by atoms with Gasteiger partial charge in [0.1, 0.15) is 0 Å². The number of carbonyl (C=O) groups is 1. The van der Waals surface area contributed by atoms with Gasteiger partial charge in [0.25, 0.3) is 0 Å². The third-order valence-electron chi connectivity index (χ3n) is 3.12. The highest BCUT2D eigenvalue weighted by Crippen LogP contribution is 2.22. The zero-order valence-corrected chi connectivity index (χ0v) is 12.3. The fraction of sp³-hybridized carbons (Fsp3) is 0.562. The molecular weight excluding hydrogens is 238 g/mol. The fourth-order valence-electron chi connectivity index (χ4n) is 2.27. The molecule has 106 valence electrons. The molecule has 0 aromatic heterocycles. The third-order valence-corrected chi connectivity index (χ3v) is 3.12. The Morgan fingerprint density at radius 3 is 2.16 bits per heavy atom. The monoisotopic (exact) mass is 263 g/mol. The Morgan fingerprint density at radius 1 is 1.16 bits per heavy atom. The first kappa shape index (κ1) is 15.7. The van der Waals surface area contributed by atoms with Crippen LogP contribution in [0, 0.1) is 11.8 Å². The second-order valence-corrected chi connectivity index (χ2v) is 5.84. The average Bonchev–Trinajstić information content (AvgIpc) is 2.29. The quantitative estimate of drug-likeness (QED) is 0.794. The minimum absolute atomic E-state index is 0.00338. The van der Waals surface area contributed by atoms with Crippen LogP contribution < -0.4 is 5.32 Å². The molecule has 0 radical (unpaired) electrons. The first-order chi connectivity index (χ1) is 8.90. The van der Waals surface area contributed by atoms with Gasteiger partial charge in [-0.15, -0.1) is 0 Å². The van der Waals surface area contributed by atoms with Crippen molar-refractivity contribution >= 4 is 5.97 Å². The molecule has 3 heteroatoms. The molecule has 0 heterocycles. The van der Waals surface area contributed by atoms with Gasteiger partial charge in [0.05, 0.1) is 6.54 Å². The molecule has 1 aromatic carbocycles. The molecule has 1 unspecified atom stereocenters. The molecule has 1 atom stereocenters. The number of carboxylic acid groups (broad SMARTS) is 1. The van der Waals surface area contributed by atoms with Crippen molar-refractivity contribution in [3.05, 3.63) is 35.4 Å². The van der Waals surface area contributed by atoms with Gasteiger partial charge in [0.2, 0.25) is 0 Å². The lowest BCUT2D eigenvalue weighted by Crippen LogP contribution is -2.30. The molecule has 0 spiro atoms. The number of nitrogens with one attached hydrogen (secondary N) is 1.